The number of primary amides is 1. The van der Waals surface area contributed by atoms with Gasteiger partial charge in [0.1, 0.15) is 5.00 Å². The Balaban J connectivity index is 1.65. The molecule has 8 nitrogen and oxygen atoms in total. The molecule has 2 aliphatic rings. The number of hydrogen-bond acceptors (Lipinski definition) is 6. The number of morpholine rings is 1. The molecule has 10 heteroatoms. The third-order valence-corrected chi connectivity index (χ3v) is 8.81. The van der Waals surface area contributed by atoms with Gasteiger partial charge >= 0.3 is 0 Å². The van der Waals surface area contributed by atoms with Crippen molar-refractivity contribution in [1.29, 1.82) is 0 Å². The second-order valence-corrected chi connectivity index (χ2v) is 10.8. The Morgan fingerprint density at radius 3 is 2.58 bits per heavy atom. The molecule has 2 aromatic rings. The molecular weight excluding hydrogens is 438 g/mol. The lowest BCUT2D eigenvalue weighted by molar-refractivity contribution is 0.0730. The van der Waals surface area contributed by atoms with Crippen LogP contribution in [0.4, 0.5) is 5.00 Å². The monoisotopic (exact) mass is 463 g/mol. The van der Waals surface area contributed by atoms with E-state index in [1.807, 2.05) is 0 Å². The first-order chi connectivity index (χ1) is 14.8. The van der Waals surface area contributed by atoms with Gasteiger partial charge in [0.05, 0.1) is 23.7 Å². The number of nitrogens with two attached hydrogens (primary N) is 1. The maximum atomic E-state index is 13.1. The van der Waals surface area contributed by atoms with Crippen molar-refractivity contribution in [2.24, 2.45) is 5.73 Å². The van der Waals surface area contributed by atoms with Crippen LogP contribution >= 0.6 is 11.3 Å². The minimum Gasteiger partial charge on any atom is -0.379 e. The van der Waals surface area contributed by atoms with Crippen LogP contribution < -0.4 is 11.1 Å². The van der Waals surface area contributed by atoms with E-state index in [0.29, 0.717) is 29.3 Å². The summed E-state index contributed by atoms with van der Waals surface area (Å²) in [6.07, 6.45) is 3.66. The lowest BCUT2D eigenvalue weighted by atomic mass is 9.95. The van der Waals surface area contributed by atoms with Crippen molar-refractivity contribution in [3.63, 3.8) is 0 Å². The lowest BCUT2D eigenvalue weighted by Crippen LogP contribution is -2.40. The normalized spacial score (nSPS) is 17.2. The van der Waals surface area contributed by atoms with Crippen LogP contribution in [0.2, 0.25) is 0 Å². The van der Waals surface area contributed by atoms with Crippen LogP contribution in [0, 0.1) is 6.92 Å². The molecule has 1 aromatic heterocycles. The zero-order valence-electron chi connectivity index (χ0n) is 17.3. The molecule has 0 unspecified atom stereocenters. The Hall–Kier alpha value is -2.27. The van der Waals surface area contributed by atoms with Crippen molar-refractivity contribution in [2.75, 3.05) is 31.6 Å². The van der Waals surface area contributed by atoms with Gasteiger partial charge in [-0.3, -0.25) is 9.59 Å². The maximum absolute atomic E-state index is 13.1. The van der Waals surface area contributed by atoms with E-state index in [0.717, 1.165) is 36.1 Å². The van der Waals surface area contributed by atoms with Crippen molar-refractivity contribution in [3.8, 4) is 0 Å². The Kier molecular flexibility index (Phi) is 6.16. The van der Waals surface area contributed by atoms with Crippen LogP contribution in [0.3, 0.4) is 0 Å². The summed E-state index contributed by atoms with van der Waals surface area (Å²) in [5.41, 5.74) is 7.81. The molecular formula is C21H25N3O5S2. The summed E-state index contributed by atoms with van der Waals surface area (Å²) in [5.74, 6) is -1.02. The Bertz CT molecular complexity index is 1130. The number of sulfonamides is 1. The Labute approximate surface area is 185 Å². The number of aryl methyl sites for hydroxylation is 2. The second kappa shape index (κ2) is 8.70. The lowest BCUT2D eigenvalue weighted by Gasteiger charge is -2.26. The first-order valence-corrected chi connectivity index (χ1v) is 12.5. The average Bonchev–Trinajstić information content (AvgIpc) is 3.12. The smallest absolute Gasteiger partial charge is 0.256 e. The van der Waals surface area contributed by atoms with Gasteiger partial charge in [0, 0.05) is 23.5 Å². The summed E-state index contributed by atoms with van der Waals surface area (Å²) < 4.78 is 32.6. The van der Waals surface area contributed by atoms with E-state index in [1.165, 1.54) is 27.8 Å². The average molecular weight is 464 g/mol. The third kappa shape index (κ3) is 4.25. The minimum absolute atomic E-state index is 0.0609. The number of benzene rings is 1. The summed E-state index contributed by atoms with van der Waals surface area (Å²) >= 11 is 1.38. The molecule has 0 radical (unpaired) electrons. The van der Waals surface area contributed by atoms with Gasteiger partial charge in [-0.25, -0.2) is 8.42 Å². The van der Waals surface area contributed by atoms with Crippen LogP contribution in [-0.4, -0.2) is 50.8 Å². The van der Waals surface area contributed by atoms with E-state index in [4.69, 9.17) is 10.5 Å². The highest BCUT2D eigenvalue weighted by Gasteiger charge is 2.29. The van der Waals surface area contributed by atoms with Crippen molar-refractivity contribution in [3.05, 3.63) is 45.3 Å². The van der Waals surface area contributed by atoms with Crippen molar-refractivity contribution in [1.82, 2.24) is 4.31 Å². The van der Waals surface area contributed by atoms with Gasteiger partial charge in [0.25, 0.3) is 11.8 Å². The van der Waals surface area contributed by atoms with Gasteiger partial charge < -0.3 is 15.8 Å². The number of hydrogen-bond donors (Lipinski definition) is 2. The van der Waals surface area contributed by atoms with Crippen LogP contribution in [0.15, 0.2) is 23.1 Å². The molecule has 1 aliphatic heterocycles. The van der Waals surface area contributed by atoms with Crippen molar-refractivity contribution in [2.45, 2.75) is 37.5 Å². The van der Waals surface area contributed by atoms with Crippen LogP contribution in [0.1, 0.15) is 49.6 Å². The molecule has 1 saturated heterocycles. The van der Waals surface area contributed by atoms with E-state index < -0.39 is 21.8 Å². The Morgan fingerprint density at radius 2 is 1.87 bits per heavy atom. The number of nitrogens with zero attached hydrogens (tertiary/aromatic N) is 1. The first-order valence-electron chi connectivity index (χ1n) is 10.2. The van der Waals surface area contributed by atoms with Crippen LogP contribution in [0.25, 0.3) is 0 Å². The molecule has 1 aliphatic carbocycles. The fourth-order valence-electron chi connectivity index (χ4n) is 4.03. The van der Waals surface area contributed by atoms with Gasteiger partial charge in [-0.2, -0.15) is 4.31 Å². The minimum atomic E-state index is -3.73. The highest BCUT2D eigenvalue weighted by Crippen LogP contribution is 2.38. The summed E-state index contributed by atoms with van der Waals surface area (Å²) in [7, 11) is -3.73. The van der Waals surface area contributed by atoms with Crippen molar-refractivity contribution < 1.29 is 22.7 Å². The molecule has 2 heterocycles. The zero-order valence-corrected chi connectivity index (χ0v) is 18.9. The molecule has 0 atom stereocenters. The summed E-state index contributed by atoms with van der Waals surface area (Å²) in [6, 6.07) is 4.53. The SMILES string of the molecule is Cc1ccc(S(=O)(=O)N2CCOCC2)cc1C(=O)Nc1sc2c(c1C(N)=O)CCCC2. The molecule has 1 aromatic carbocycles. The van der Waals surface area contributed by atoms with Gasteiger partial charge in [0.2, 0.25) is 10.0 Å². The summed E-state index contributed by atoms with van der Waals surface area (Å²) in [4.78, 5) is 26.3. The molecule has 0 bridgehead atoms. The second-order valence-electron chi connectivity index (χ2n) is 7.73. The van der Waals surface area contributed by atoms with Gasteiger partial charge in [-0.15, -0.1) is 11.3 Å². The maximum Gasteiger partial charge on any atom is 0.256 e. The number of ether oxygens (including phenoxy) is 1. The molecule has 3 N–H and O–H groups in total. The Morgan fingerprint density at radius 1 is 1.16 bits per heavy atom. The molecule has 0 spiro atoms. The third-order valence-electron chi connectivity index (χ3n) is 5.71. The molecule has 4 rings (SSSR count). The molecule has 2 amide bonds. The highest BCUT2D eigenvalue weighted by molar-refractivity contribution is 7.89. The van der Waals surface area contributed by atoms with E-state index in [2.05, 4.69) is 5.32 Å². The number of amides is 2. The first kappa shape index (κ1) is 21.9. The number of nitrogens with one attached hydrogen (secondary N) is 1. The number of rotatable bonds is 5. The quantitative estimate of drug-likeness (QED) is 0.705. The summed E-state index contributed by atoms with van der Waals surface area (Å²) in [6.45, 7) is 2.99. The highest BCUT2D eigenvalue weighted by atomic mass is 32.2. The van der Waals surface area contributed by atoms with E-state index in [-0.39, 0.29) is 23.5 Å². The molecule has 31 heavy (non-hydrogen) atoms. The number of anilines is 1. The van der Waals surface area contributed by atoms with Gasteiger partial charge in [-0.05, 0) is 55.9 Å². The topological polar surface area (TPSA) is 119 Å². The molecule has 0 saturated carbocycles. The van der Waals surface area contributed by atoms with Gasteiger partial charge in [0.15, 0.2) is 0 Å². The number of carbonyl (C=O) groups excluding carboxylic acids is 2. The number of carbonyl (C=O) groups is 2. The fraction of sp³-hybridized carbons (Fsp3) is 0.429. The fourth-order valence-corrected chi connectivity index (χ4v) is 6.75. The predicted molar refractivity (Wildman–Crippen MR) is 118 cm³/mol. The largest absolute Gasteiger partial charge is 0.379 e. The van der Waals surface area contributed by atoms with Crippen LogP contribution in [-0.2, 0) is 27.6 Å². The summed E-state index contributed by atoms with van der Waals surface area (Å²) in [5, 5.41) is 3.25. The van der Waals surface area contributed by atoms with E-state index >= 15 is 0 Å². The standard InChI is InChI=1S/C21H25N3O5S2/c1-13-6-7-14(31(27,28)24-8-10-29-11-9-24)12-16(13)20(26)23-21-18(19(22)25)15-4-2-3-5-17(15)30-21/h6-7,12H,2-5,8-11H2,1H3,(H2,22,25)(H,23,26). The van der Waals surface area contributed by atoms with E-state index in [1.54, 1.807) is 13.0 Å². The predicted octanol–water partition coefficient (Wildman–Crippen LogP) is 2.31. The number of fused-ring (bicyclic) bond motifs is 1. The van der Waals surface area contributed by atoms with Gasteiger partial charge in [-0.1, -0.05) is 6.07 Å². The molecule has 166 valence electrons. The molecule has 1 fully saturated rings. The van der Waals surface area contributed by atoms with Crippen LogP contribution in [0.5, 0.6) is 0 Å². The van der Waals surface area contributed by atoms with E-state index in [9.17, 15) is 18.0 Å². The van der Waals surface area contributed by atoms with Crippen molar-refractivity contribution >= 4 is 38.2 Å². The number of thiophene rings is 1. The zero-order chi connectivity index (χ0) is 22.2.